The highest BCUT2D eigenvalue weighted by atomic mass is 35.5. The van der Waals surface area contributed by atoms with Gasteiger partial charge in [-0.15, -0.1) is 0 Å². The molecule has 1 aromatic rings. The summed E-state index contributed by atoms with van der Waals surface area (Å²) in [6.45, 7) is 0. The molecule has 0 aliphatic heterocycles. The molecule has 0 saturated heterocycles. The minimum atomic E-state index is 0.297. The van der Waals surface area contributed by atoms with Gasteiger partial charge in [0.05, 0.1) is 7.11 Å². The maximum absolute atomic E-state index is 6.07. The molecular weight excluding hydrogens is 186 g/mol. The maximum Gasteiger partial charge on any atom is 0.120 e. The molecule has 2 nitrogen and oxygen atoms in total. The molecule has 3 heteroatoms. The van der Waals surface area contributed by atoms with Crippen LogP contribution in [0.25, 0.3) is 0 Å². The quantitative estimate of drug-likeness (QED) is 0.789. The Morgan fingerprint density at radius 1 is 1.54 bits per heavy atom. The van der Waals surface area contributed by atoms with Gasteiger partial charge in [0.25, 0.3) is 0 Å². The van der Waals surface area contributed by atoms with Crippen LogP contribution in [-0.2, 0) is 0 Å². The van der Waals surface area contributed by atoms with Gasteiger partial charge in [0.1, 0.15) is 5.75 Å². The summed E-state index contributed by atoms with van der Waals surface area (Å²) in [5.74, 6) is 1.25. The third-order valence-electron chi connectivity index (χ3n) is 2.45. The van der Waals surface area contributed by atoms with Gasteiger partial charge >= 0.3 is 0 Å². The fourth-order valence-corrected chi connectivity index (χ4v) is 1.82. The van der Waals surface area contributed by atoms with Crippen molar-refractivity contribution in [2.24, 2.45) is 5.73 Å². The molecule has 2 rings (SSSR count). The third kappa shape index (κ3) is 1.64. The number of benzene rings is 1. The Kier molecular flexibility index (Phi) is 2.18. The Balaban J connectivity index is 2.27. The van der Waals surface area contributed by atoms with Crippen LogP contribution in [0.2, 0.25) is 5.02 Å². The average Bonchev–Trinajstić information content (AvgIpc) is 2.82. The Labute approximate surface area is 82.6 Å². The van der Waals surface area contributed by atoms with Crippen molar-refractivity contribution < 1.29 is 4.74 Å². The lowest BCUT2D eigenvalue weighted by molar-refractivity contribution is 0.414. The molecule has 0 heterocycles. The lowest BCUT2D eigenvalue weighted by atomic mass is 10.1. The van der Waals surface area contributed by atoms with Crippen LogP contribution in [0.3, 0.4) is 0 Å². The topological polar surface area (TPSA) is 35.2 Å². The highest BCUT2D eigenvalue weighted by Gasteiger charge is 2.36. The molecule has 2 atom stereocenters. The van der Waals surface area contributed by atoms with E-state index in [-0.39, 0.29) is 0 Å². The van der Waals surface area contributed by atoms with Crippen molar-refractivity contribution in [2.45, 2.75) is 18.4 Å². The first-order chi connectivity index (χ1) is 6.22. The molecule has 70 valence electrons. The van der Waals surface area contributed by atoms with Gasteiger partial charge in [-0.1, -0.05) is 17.7 Å². The molecule has 2 N–H and O–H groups in total. The summed E-state index contributed by atoms with van der Waals surface area (Å²) < 4.78 is 5.06. The first-order valence-electron chi connectivity index (χ1n) is 4.31. The Bertz CT molecular complexity index is 327. The second-order valence-electron chi connectivity index (χ2n) is 3.39. The van der Waals surface area contributed by atoms with E-state index in [9.17, 15) is 0 Å². The van der Waals surface area contributed by atoms with Crippen molar-refractivity contribution in [3.63, 3.8) is 0 Å². The minimum Gasteiger partial charge on any atom is -0.497 e. The fraction of sp³-hybridized carbons (Fsp3) is 0.400. The predicted octanol–water partition coefficient (Wildman–Crippen LogP) is 2.16. The van der Waals surface area contributed by atoms with Crippen molar-refractivity contribution in [2.75, 3.05) is 7.11 Å². The van der Waals surface area contributed by atoms with Gasteiger partial charge in [0, 0.05) is 17.0 Å². The van der Waals surface area contributed by atoms with Crippen molar-refractivity contribution in [3.8, 4) is 5.75 Å². The van der Waals surface area contributed by atoms with Crippen LogP contribution < -0.4 is 10.5 Å². The van der Waals surface area contributed by atoms with Gasteiger partial charge in [-0.3, -0.25) is 0 Å². The number of rotatable bonds is 2. The largest absolute Gasteiger partial charge is 0.497 e. The van der Waals surface area contributed by atoms with E-state index in [0.29, 0.717) is 12.0 Å². The van der Waals surface area contributed by atoms with Crippen molar-refractivity contribution in [1.29, 1.82) is 0 Å². The monoisotopic (exact) mass is 197 g/mol. The summed E-state index contributed by atoms with van der Waals surface area (Å²) in [4.78, 5) is 0. The molecule has 0 radical (unpaired) electrons. The van der Waals surface area contributed by atoms with Crippen molar-refractivity contribution in [1.82, 2.24) is 0 Å². The van der Waals surface area contributed by atoms with Gasteiger partial charge in [-0.25, -0.2) is 0 Å². The lowest BCUT2D eigenvalue weighted by Crippen LogP contribution is -2.01. The molecule has 1 aliphatic rings. The Hall–Kier alpha value is -0.730. The van der Waals surface area contributed by atoms with Crippen molar-refractivity contribution in [3.05, 3.63) is 28.8 Å². The highest BCUT2D eigenvalue weighted by molar-refractivity contribution is 6.31. The maximum atomic E-state index is 6.07. The molecule has 1 aromatic carbocycles. The zero-order valence-electron chi connectivity index (χ0n) is 7.46. The van der Waals surface area contributed by atoms with Crippen LogP contribution in [-0.4, -0.2) is 13.2 Å². The van der Waals surface area contributed by atoms with E-state index in [4.69, 9.17) is 22.1 Å². The van der Waals surface area contributed by atoms with Crippen molar-refractivity contribution >= 4 is 11.6 Å². The molecule has 1 saturated carbocycles. The zero-order valence-corrected chi connectivity index (χ0v) is 8.21. The van der Waals surface area contributed by atoms with E-state index in [1.165, 1.54) is 0 Å². The third-order valence-corrected chi connectivity index (χ3v) is 2.77. The van der Waals surface area contributed by atoms with E-state index in [1.807, 2.05) is 18.2 Å². The van der Waals surface area contributed by atoms with E-state index in [2.05, 4.69) is 0 Å². The zero-order chi connectivity index (χ0) is 9.42. The first-order valence-corrected chi connectivity index (χ1v) is 4.69. The fourth-order valence-electron chi connectivity index (χ4n) is 1.51. The van der Waals surface area contributed by atoms with Gasteiger partial charge in [-0.05, 0) is 24.1 Å². The standard InChI is InChI=1S/C10H12ClNO/c1-13-6-2-3-7(9(11)4-6)8-5-10(8)12/h2-4,8,10H,5,12H2,1H3. The van der Waals surface area contributed by atoms with Crippen LogP contribution in [0.1, 0.15) is 17.9 Å². The first kappa shape index (κ1) is 8.85. The van der Waals surface area contributed by atoms with Gasteiger partial charge in [-0.2, -0.15) is 0 Å². The summed E-state index contributed by atoms with van der Waals surface area (Å²) in [6.07, 6.45) is 1.05. The summed E-state index contributed by atoms with van der Waals surface area (Å²) in [5, 5.41) is 0.761. The van der Waals surface area contributed by atoms with Crippen LogP contribution in [0.15, 0.2) is 18.2 Å². The average molecular weight is 198 g/mol. The molecular formula is C10H12ClNO. The normalized spacial score (nSPS) is 25.8. The predicted molar refractivity (Wildman–Crippen MR) is 53.3 cm³/mol. The molecule has 0 aromatic heterocycles. The number of ether oxygens (including phenoxy) is 1. The Morgan fingerprint density at radius 3 is 2.69 bits per heavy atom. The number of halogens is 1. The summed E-state index contributed by atoms with van der Waals surface area (Å²) >= 11 is 6.07. The van der Waals surface area contributed by atoms with Crippen LogP contribution in [0, 0.1) is 0 Å². The number of hydrogen-bond donors (Lipinski definition) is 1. The smallest absolute Gasteiger partial charge is 0.120 e. The second-order valence-corrected chi connectivity index (χ2v) is 3.80. The number of hydrogen-bond acceptors (Lipinski definition) is 2. The van der Waals surface area contributed by atoms with Gasteiger partial charge < -0.3 is 10.5 Å². The van der Waals surface area contributed by atoms with Crippen LogP contribution >= 0.6 is 11.6 Å². The SMILES string of the molecule is COc1ccc(C2CC2N)c(Cl)c1. The summed E-state index contributed by atoms with van der Waals surface area (Å²) in [6, 6.07) is 6.05. The van der Waals surface area contributed by atoms with E-state index < -0.39 is 0 Å². The molecule has 1 aliphatic carbocycles. The summed E-state index contributed by atoms with van der Waals surface area (Å²) in [5.41, 5.74) is 6.90. The number of nitrogens with two attached hydrogens (primary N) is 1. The Morgan fingerprint density at radius 2 is 2.23 bits per heavy atom. The molecule has 0 amide bonds. The van der Waals surface area contributed by atoms with E-state index in [1.54, 1.807) is 7.11 Å². The van der Waals surface area contributed by atoms with E-state index in [0.717, 1.165) is 22.8 Å². The summed E-state index contributed by atoms with van der Waals surface area (Å²) in [7, 11) is 1.63. The molecule has 1 fully saturated rings. The van der Waals surface area contributed by atoms with Crippen LogP contribution in [0.5, 0.6) is 5.75 Å². The molecule has 2 unspecified atom stereocenters. The molecule has 0 bridgehead atoms. The van der Waals surface area contributed by atoms with Gasteiger partial charge in [0.15, 0.2) is 0 Å². The van der Waals surface area contributed by atoms with Crippen LogP contribution in [0.4, 0.5) is 0 Å². The second kappa shape index (κ2) is 3.20. The minimum absolute atomic E-state index is 0.297. The molecule has 0 spiro atoms. The number of methoxy groups -OCH3 is 1. The van der Waals surface area contributed by atoms with Gasteiger partial charge in [0.2, 0.25) is 0 Å². The molecule has 13 heavy (non-hydrogen) atoms. The highest BCUT2D eigenvalue weighted by Crippen LogP contribution is 2.42. The van der Waals surface area contributed by atoms with E-state index >= 15 is 0 Å². The lowest BCUT2D eigenvalue weighted by Gasteiger charge is -2.05.